The van der Waals surface area contributed by atoms with Gasteiger partial charge in [0, 0.05) is 32.7 Å². The number of hydrogen-bond donors (Lipinski definition) is 0. The normalized spacial score (nSPS) is 11.5. The maximum Gasteiger partial charge on any atom is 0.238 e. The van der Waals surface area contributed by atoms with Crippen LogP contribution >= 0.6 is 0 Å². The third-order valence-corrected chi connectivity index (χ3v) is 12.0. The van der Waals surface area contributed by atoms with E-state index in [1.165, 1.54) is 21.9 Å². The first kappa shape index (κ1) is 35.5. The van der Waals surface area contributed by atoms with Gasteiger partial charge in [-0.2, -0.15) is 9.97 Å². The van der Waals surface area contributed by atoms with Gasteiger partial charge < -0.3 is 4.57 Å². The zero-order chi connectivity index (χ0) is 41.0. The number of benzene rings is 9. The molecular formula is C57H37N5. The largest absolute Gasteiger partial charge is 0.308 e. The maximum absolute atomic E-state index is 5.44. The van der Waals surface area contributed by atoms with E-state index in [1.807, 2.05) is 6.07 Å². The average molecular weight is 792 g/mol. The van der Waals surface area contributed by atoms with Crippen LogP contribution in [0.15, 0.2) is 224 Å². The van der Waals surface area contributed by atoms with Crippen molar-refractivity contribution in [2.24, 2.45) is 0 Å². The first-order valence-corrected chi connectivity index (χ1v) is 20.9. The lowest BCUT2D eigenvalue weighted by Crippen LogP contribution is -2.08. The third kappa shape index (κ3) is 5.98. The minimum atomic E-state index is 0.558. The molecule has 0 fully saturated rings. The van der Waals surface area contributed by atoms with E-state index in [-0.39, 0.29) is 0 Å². The minimum Gasteiger partial charge on any atom is -0.308 e. The predicted molar refractivity (Wildman–Crippen MR) is 256 cm³/mol. The van der Waals surface area contributed by atoms with Gasteiger partial charge in [0.1, 0.15) is 0 Å². The molecule has 12 rings (SSSR count). The van der Waals surface area contributed by atoms with E-state index in [2.05, 4.69) is 228 Å². The molecule has 0 aliphatic rings. The summed E-state index contributed by atoms with van der Waals surface area (Å²) in [6, 6.07) is 79.3. The van der Waals surface area contributed by atoms with Crippen molar-refractivity contribution < 1.29 is 0 Å². The van der Waals surface area contributed by atoms with Gasteiger partial charge in [-0.05, 0) is 75.8 Å². The van der Waals surface area contributed by atoms with Gasteiger partial charge in [-0.25, -0.2) is 4.98 Å². The molecule has 5 heteroatoms. The molecule has 3 aromatic heterocycles. The summed E-state index contributed by atoms with van der Waals surface area (Å²) in [6.45, 7) is 0. The summed E-state index contributed by atoms with van der Waals surface area (Å²) in [5, 5.41) is 4.64. The van der Waals surface area contributed by atoms with Crippen LogP contribution in [0.5, 0.6) is 0 Å². The van der Waals surface area contributed by atoms with Crippen LogP contribution in [-0.2, 0) is 0 Å². The number of fused-ring (bicyclic) bond motifs is 6. The summed E-state index contributed by atoms with van der Waals surface area (Å²) < 4.78 is 4.58. The summed E-state index contributed by atoms with van der Waals surface area (Å²) in [6.07, 6.45) is 0. The summed E-state index contributed by atoms with van der Waals surface area (Å²) in [5.74, 6) is 1.74. The fourth-order valence-corrected chi connectivity index (χ4v) is 9.08. The van der Waals surface area contributed by atoms with Crippen LogP contribution in [0.3, 0.4) is 0 Å². The smallest absolute Gasteiger partial charge is 0.238 e. The highest BCUT2D eigenvalue weighted by molar-refractivity contribution is 6.12. The molecule has 0 spiro atoms. The summed E-state index contributed by atoms with van der Waals surface area (Å²) in [4.78, 5) is 16.2. The topological polar surface area (TPSA) is 48.5 Å². The number of nitrogens with zero attached hydrogens (tertiary/aromatic N) is 5. The molecule has 0 aliphatic carbocycles. The lowest BCUT2D eigenvalue weighted by molar-refractivity contribution is 0.952. The molecule has 0 amide bonds. The Bertz CT molecular complexity index is 3470. The first-order chi connectivity index (χ1) is 30.7. The molecule has 3 heterocycles. The molecule has 5 nitrogen and oxygen atoms in total. The Labute approximate surface area is 358 Å². The fraction of sp³-hybridized carbons (Fsp3) is 0. The maximum atomic E-state index is 5.44. The molecule has 0 atom stereocenters. The van der Waals surface area contributed by atoms with Gasteiger partial charge in [-0.1, -0.05) is 182 Å². The zero-order valence-corrected chi connectivity index (χ0v) is 33.6. The van der Waals surface area contributed by atoms with Crippen LogP contribution in [0, 0.1) is 0 Å². The van der Waals surface area contributed by atoms with Gasteiger partial charge in [0.05, 0.1) is 27.8 Å². The van der Waals surface area contributed by atoms with E-state index in [0.29, 0.717) is 17.6 Å². The summed E-state index contributed by atoms with van der Waals surface area (Å²) in [5.41, 5.74) is 13.9. The van der Waals surface area contributed by atoms with E-state index in [9.17, 15) is 0 Å². The van der Waals surface area contributed by atoms with E-state index in [1.54, 1.807) is 0 Å². The van der Waals surface area contributed by atoms with Gasteiger partial charge in [0.15, 0.2) is 11.6 Å². The van der Waals surface area contributed by atoms with Gasteiger partial charge in [-0.15, -0.1) is 0 Å². The van der Waals surface area contributed by atoms with Crippen molar-refractivity contribution >= 4 is 43.6 Å². The van der Waals surface area contributed by atoms with Crippen LogP contribution < -0.4 is 0 Å². The Balaban J connectivity index is 1.14. The predicted octanol–water partition coefficient (Wildman–Crippen LogP) is 14.4. The Morgan fingerprint density at radius 1 is 0.258 bits per heavy atom. The number of hydrogen-bond acceptors (Lipinski definition) is 3. The van der Waals surface area contributed by atoms with Crippen molar-refractivity contribution in [1.82, 2.24) is 24.1 Å². The molecular weight excluding hydrogens is 755 g/mol. The van der Waals surface area contributed by atoms with E-state index < -0.39 is 0 Å². The lowest BCUT2D eigenvalue weighted by Gasteiger charge is -2.16. The molecule has 62 heavy (non-hydrogen) atoms. The van der Waals surface area contributed by atoms with Crippen molar-refractivity contribution in [1.29, 1.82) is 0 Å². The van der Waals surface area contributed by atoms with Crippen LogP contribution in [0.2, 0.25) is 0 Å². The lowest BCUT2D eigenvalue weighted by atomic mass is 10.0. The van der Waals surface area contributed by atoms with E-state index in [0.717, 1.165) is 71.9 Å². The average Bonchev–Trinajstić information content (AvgIpc) is 3.87. The summed E-state index contributed by atoms with van der Waals surface area (Å²) in [7, 11) is 0. The third-order valence-electron chi connectivity index (χ3n) is 12.0. The number of para-hydroxylation sites is 3. The summed E-state index contributed by atoms with van der Waals surface area (Å²) >= 11 is 0. The number of aromatic nitrogens is 5. The zero-order valence-electron chi connectivity index (χ0n) is 33.6. The van der Waals surface area contributed by atoms with Crippen molar-refractivity contribution in [2.45, 2.75) is 0 Å². The van der Waals surface area contributed by atoms with Crippen molar-refractivity contribution in [3.8, 4) is 67.8 Å². The molecule has 0 unspecified atom stereocenters. The molecule has 0 radical (unpaired) electrons. The monoisotopic (exact) mass is 791 g/mol. The Morgan fingerprint density at radius 2 is 0.694 bits per heavy atom. The van der Waals surface area contributed by atoms with Gasteiger partial charge in [-0.3, -0.25) is 4.57 Å². The Morgan fingerprint density at radius 3 is 1.27 bits per heavy atom. The van der Waals surface area contributed by atoms with Crippen molar-refractivity contribution in [3.63, 3.8) is 0 Å². The molecule has 0 saturated heterocycles. The number of rotatable bonds is 7. The van der Waals surface area contributed by atoms with E-state index in [4.69, 9.17) is 15.0 Å². The SMILES string of the molecule is c1ccc(-c2cccc(-c3nc(-c4ccccc4-n4c5cc(-c6ccccc6)ccc5c5ccc(-c6ccccc6)cc54)nc(-n4c5ccccc5c5ccccc54)n3)c2)cc1. The van der Waals surface area contributed by atoms with Gasteiger partial charge in [0.25, 0.3) is 0 Å². The van der Waals surface area contributed by atoms with Gasteiger partial charge in [0.2, 0.25) is 5.95 Å². The second kappa shape index (κ2) is 14.7. The molecule has 0 aliphatic heterocycles. The van der Waals surface area contributed by atoms with Crippen LogP contribution in [0.1, 0.15) is 0 Å². The standard InChI is InChI=1S/C57H37N5/c1-4-17-38(18-5-1)41-23-16-24-44(35-41)55-58-56(60-57(59-55)62-50-28-13-10-25-45(50)46-26-11-14-29-51(46)62)49-27-12-15-30-52(49)61-53-36-42(39-19-6-2-7-20-39)31-33-47(53)48-34-32-43(37-54(48)61)40-21-8-3-9-22-40/h1-37H. The Kier molecular flexibility index (Phi) is 8.42. The molecule has 0 N–H and O–H groups in total. The van der Waals surface area contributed by atoms with Crippen LogP contribution in [-0.4, -0.2) is 24.1 Å². The molecule has 9 aromatic carbocycles. The highest BCUT2D eigenvalue weighted by atomic mass is 15.2. The quantitative estimate of drug-likeness (QED) is 0.162. The van der Waals surface area contributed by atoms with Gasteiger partial charge >= 0.3 is 0 Å². The highest BCUT2D eigenvalue weighted by Gasteiger charge is 2.22. The molecule has 12 aromatic rings. The van der Waals surface area contributed by atoms with Crippen LogP contribution in [0.25, 0.3) is 111 Å². The molecule has 0 bridgehead atoms. The Hall–Kier alpha value is -8.41. The highest BCUT2D eigenvalue weighted by Crippen LogP contribution is 2.40. The second-order valence-corrected chi connectivity index (χ2v) is 15.6. The van der Waals surface area contributed by atoms with E-state index >= 15 is 0 Å². The second-order valence-electron chi connectivity index (χ2n) is 15.6. The van der Waals surface area contributed by atoms with Crippen molar-refractivity contribution in [3.05, 3.63) is 224 Å². The molecule has 0 saturated carbocycles. The van der Waals surface area contributed by atoms with Crippen molar-refractivity contribution in [2.75, 3.05) is 0 Å². The fourth-order valence-electron chi connectivity index (χ4n) is 9.08. The van der Waals surface area contributed by atoms with Crippen LogP contribution in [0.4, 0.5) is 0 Å². The molecule has 290 valence electrons. The minimum absolute atomic E-state index is 0.558. The first-order valence-electron chi connectivity index (χ1n) is 20.9.